The molecule has 0 saturated carbocycles. The van der Waals surface area contributed by atoms with E-state index >= 15 is 0 Å². The smallest absolute Gasteiger partial charge is 0.251 e. The quantitative estimate of drug-likeness (QED) is 0.431. The van der Waals surface area contributed by atoms with Gasteiger partial charge >= 0.3 is 0 Å². The maximum Gasteiger partial charge on any atom is 0.251 e. The van der Waals surface area contributed by atoms with Crippen LogP contribution < -0.4 is 10.6 Å². The molecule has 0 bridgehead atoms. The summed E-state index contributed by atoms with van der Waals surface area (Å²) >= 11 is 0. The van der Waals surface area contributed by atoms with Gasteiger partial charge in [-0.2, -0.15) is 0 Å². The molecule has 0 radical (unpaired) electrons. The summed E-state index contributed by atoms with van der Waals surface area (Å²) in [6.45, 7) is 4.53. The molecule has 1 aromatic heterocycles. The number of nitrogens with zero attached hydrogens (tertiary/aromatic N) is 2. The van der Waals surface area contributed by atoms with Crippen molar-refractivity contribution in [2.24, 2.45) is 0 Å². The molecule has 0 fully saturated rings. The van der Waals surface area contributed by atoms with Crippen LogP contribution in [0.15, 0.2) is 78.9 Å². The van der Waals surface area contributed by atoms with Gasteiger partial charge < -0.3 is 15.2 Å². The first-order chi connectivity index (χ1) is 16.0. The van der Waals surface area contributed by atoms with E-state index < -0.39 is 0 Å². The third-order valence-corrected chi connectivity index (χ3v) is 5.63. The number of rotatable bonds is 8. The standard InChI is InChI=1S/C27H28N4O2/c1-19-9-8-12-22(17-19)27(33)28-16-15-25-30-23-13-6-7-14-24(23)31(25)18-26(32)29-20(2)21-10-4-3-5-11-21/h3-14,17,20H,15-16,18H2,1-2H3,(H,28,33)(H,29,32). The second-order valence-corrected chi connectivity index (χ2v) is 8.18. The van der Waals surface area contributed by atoms with Crippen molar-refractivity contribution in [3.8, 4) is 0 Å². The lowest BCUT2D eigenvalue weighted by molar-refractivity contribution is -0.122. The molecular weight excluding hydrogens is 412 g/mol. The van der Waals surface area contributed by atoms with Gasteiger partial charge in [-0.3, -0.25) is 9.59 Å². The van der Waals surface area contributed by atoms with Crippen LogP contribution in [-0.2, 0) is 17.8 Å². The number of carbonyl (C=O) groups excluding carboxylic acids is 2. The number of hydrogen-bond acceptors (Lipinski definition) is 3. The molecule has 6 heteroatoms. The highest BCUT2D eigenvalue weighted by Crippen LogP contribution is 2.17. The molecule has 168 valence electrons. The third-order valence-electron chi connectivity index (χ3n) is 5.63. The third kappa shape index (κ3) is 5.47. The molecule has 33 heavy (non-hydrogen) atoms. The van der Waals surface area contributed by atoms with Crippen molar-refractivity contribution in [2.45, 2.75) is 32.9 Å². The minimum Gasteiger partial charge on any atom is -0.352 e. The first kappa shape index (κ1) is 22.3. The average molecular weight is 441 g/mol. The van der Waals surface area contributed by atoms with E-state index in [9.17, 15) is 9.59 Å². The number of para-hydroxylation sites is 2. The summed E-state index contributed by atoms with van der Waals surface area (Å²) in [4.78, 5) is 30.1. The van der Waals surface area contributed by atoms with Gasteiger partial charge in [0.25, 0.3) is 5.91 Å². The molecule has 1 unspecified atom stereocenters. The number of fused-ring (bicyclic) bond motifs is 1. The average Bonchev–Trinajstić information content (AvgIpc) is 3.16. The molecule has 4 aromatic rings. The van der Waals surface area contributed by atoms with Gasteiger partial charge in [-0.1, -0.05) is 60.2 Å². The van der Waals surface area contributed by atoms with E-state index in [1.165, 1.54) is 0 Å². The fourth-order valence-corrected chi connectivity index (χ4v) is 3.92. The largest absolute Gasteiger partial charge is 0.352 e. The van der Waals surface area contributed by atoms with Crippen LogP contribution in [0.25, 0.3) is 11.0 Å². The van der Waals surface area contributed by atoms with Gasteiger partial charge in [0.05, 0.1) is 17.1 Å². The monoisotopic (exact) mass is 440 g/mol. The van der Waals surface area contributed by atoms with Crippen molar-refractivity contribution in [1.82, 2.24) is 20.2 Å². The highest BCUT2D eigenvalue weighted by atomic mass is 16.2. The van der Waals surface area contributed by atoms with Gasteiger partial charge in [0.2, 0.25) is 5.91 Å². The molecule has 0 aliphatic carbocycles. The Labute approximate surface area is 193 Å². The summed E-state index contributed by atoms with van der Waals surface area (Å²) in [5.74, 6) is 0.568. The summed E-state index contributed by atoms with van der Waals surface area (Å²) in [5.41, 5.74) is 4.47. The minimum absolute atomic E-state index is 0.0837. The highest BCUT2D eigenvalue weighted by molar-refractivity contribution is 5.94. The molecule has 2 amide bonds. The van der Waals surface area contributed by atoms with Gasteiger partial charge in [-0.05, 0) is 43.7 Å². The number of benzene rings is 3. The van der Waals surface area contributed by atoms with Crippen molar-refractivity contribution in [1.29, 1.82) is 0 Å². The van der Waals surface area contributed by atoms with E-state index in [2.05, 4.69) is 10.6 Å². The summed E-state index contributed by atoms with van der Waals surface area (Å²) in [6, 6.07) is 25.1. The van der Waals surface area contributed by atoms with Crippen molar-refractivity contribution < 1.29 is 9.59 Å². The second kappa shape index (κ2) is 10.1. The van der Waals surface area contributed by atoms with E-state index in [0.29, 0.717) is 18.5 Å². The van der Waals surface area contributed by atoms with Crippen LogP contribution in [0.3, 0.4) is 0 Å². The van der Waals surface area contributed by atoms with Crippen molar-refractivity contribution in [2.75, 3.05) is 6.54 Å². The lowest BCUT2D eigenvalue weighted by Gasteiger charge is -2.16. The molecule has 0 spiro atoms. The fraction of sp³-hybridized carbons (Fsp3) is 0.222. The van der Waals surface area contributed by atoms with Gasteiger partial charge in [0.15, 0.2) is 0 Å². The molecule has 6 nitrogen and oxygen atoms in total. The maximum atomic E-state index is 12.9. The molecule has 2 N–H and O–H groups in total. The number of hydrogen-bond donors (Lipinski definition) is 2. The second-order valence-electron chi connectivity index (χ2n) is 8.18. The van der Waals surface area contributed by atoms with Crippen molar-refractivity contribution in [3.63, 3.8) is 0 Å². The van der Waals surface area contributed by atoms with Gasteiger partial charge in [0.1, 0.15) is 12.4 Å². The van der Waals surface area contributed by atoms with Crippen LogP contribution >= 0.6 is 0 Å². The number of nitrogens with one attached hydrogen (secondary N) is 2. The Balaban J connectivity index is 1.45. The molecule has 0 saturated heterocycles. The molecule has 3 aromatic carbocycles. The predicted molar refractivity (Wildman–Crippen MR) is 130 cm³/mol. The van der Waals surface area contributed by atoms with Crippen molar-refractivity contribution >= 4 is 22.8 Å². The Kier molecular flexibility index (Phi) is 6.83. The van der Waals surface area contributed by atoms with Crippen LogP contribution in [0, 0.1) is 6.92 Å². The van der Waals surface area contributed by atoms with Crippen LogP contribution in [0.4, 0.5) is 0 Å². The van der Waals surface area contributed by atoms with E-state index in [-0.39, 0.29) is 24.4 Å². The maximum absolute atomic E-state index is 12.9. The molecule has 1 atom stereocenters. The summed E-state index contributed by atoms with van der Waals surface area (Å²) in [7, 11) is 0. The topological polar surface area (TPSA) is 76.0 Å². The predicted octanol–water partition coefficient (Wildman–Crippen LogP) is 4.19. The minimum atomic E-state index is -0.115. The van der Waals surface area contributed by atoms with Crippen LogP contribution in [0.1, 0.15) is 40.3 Å². The van der Waals surface area contributed by atoms with Crippen LogP contribution in [0.5, 0.6) is 0 Å². The lowest BCUT2D eigenvalue weighted by atomic mass is 10.1. The van der Waals surface area contributed by atoms with Gasteiger partial charge in [-0.25, -0.2) is 4.98 Å². The Morgan fingerprint density at radius 1 is 0.970 bits per heavy atom. The number of imidazole rings is 1. The van der Waals surface area contributed by atoms with Gasteiger partial charge in [-0.15, -0.1) is 0 Å². The summed E-state index contributed by atoms with van der Waals surface area (Å²) in [6.07, 6.45) is 0.522. The number of aromatic nitrogens is 2. The first-order valence-electron chi connectivity index (χ1n) is 11.1. The summed E-state index contributed by atoms with van der Waals surface area (Å²) in [5, 5.41) is 6.03. The fourth-order valence-electron chi connectivity index (χ4n) is 3.92. The molecule has 1 heterocycles. The van der Waals surface area contributed by atoms with Gasteiger partial charge in [0, 0.05) is 18.5 Å². The SMILES string of the molecule is Cc1cccc(C(=O)NCCc2nc3ccccc3n2CC(=O)NC(C)c2ccccc2)c1. The Hall–Kier alpha value is -3.93. The Bertz CT molecular complexity index is 1260. The molecular formula is C27H28N4O2. The van der Waals surface area contributed by atoms with E-state index in [0.717, 1.165) is 28.0 Å². The van der Waals surface area contributed by atoms with E-state index in [1.54, 1.807) is 6.07 Å². The van der Waals surface area contributed by atoms with Crippen molar-refractivity contribution in [3.05, 3.63) is 101 Å². The number of carbonyl (C=O) groups is 2. The van der Waals surface area contributed by atoms with Crippen LogP contribution in [-0.4, -0.2) is 27.9 Å². The van der Waals surface area contributed by atoms with E-state index in [4.69, 9.17) is 4.98 Å². The number of amides is 2. The zero-order chi connectivity index (χ0) is 23.2. The zero-order valence-corrected chi connectivity index (χ0v) is 18.9. The lowest BCUT2D eigenvalue weighted by Crippen LogP contribution is -2.31. The molecule has 0 aliphatic heterocycles. The first-order valence-corrected chi connectivity index (χ1v) is 11.1. The number of aryl methyl sites for hydroxylation is 1. The Morgan fingerprint density at radius 3 is 2.52 bits per heavy atom. The normalized spacial score (nSPS) is 11.8. The Morgan fingerprint density at radius 2 is 1.73 bits per heavy atom. The van der Waals surface area contributed by atoms with E-state index in [1.807, 2.05) is 91.2 Å². The highest BCUT2D eigenvalue weighted by Gasteiger charge is 2.16. The van der Waals surface area contributed by atoms with Crippen LogP contribution in [0.2, 0.25) is 0 Å². The zero-order valence-electron chi connectivity index (χ0n) is 18.9. The summed E-state index contributed by atoms with van der Waals surface area (Å²) < 4.78 is 1.93. The molecule has 4 rings (SSSR count). The molecule has 0 aliphatic rings.